The Morgan fingerprint density at radius 1 is 1.19 bits per heavy atom. The highest BCUT2D eigenvalue weighted by Crippen LogP contribution is 2.36. The van der Waals surface area contributed by atoms with E-state index in [9.17, 15) is 20.1 Å². The number of nitrogens with two attached hydrogens (primary N) is 2. The molecule has 8 N–H and O–H groups in total. The van der Waals surface area contributed by atoms with Crippen molar-refractivity contribution in [3.63, 3.8) is 0 Å². The smallest absolute Gasteiger partial charge is 0.320 e. The number of aromatic nitrogens is 4. The molecule has 5 rings (SSSR count). The number of aliphatic hydroxyl groups excluding tert-OH is 2. The van der Waals surface area contributed by atoms with Crippen LogP contribution in [-0.2, 0) is 16.1 Å². The normalized spacial score (nSPS) is 24.8. The van der Waals surface area contributed by atoms with E-state index in [1.165, 1.54) is 22.8 Å². The van der Waals surface area contributed by atoms with Gasteiger partial charge in [0.25, 0.3) is 0 Å². The summed E-state index contributed by atoms with van der Waals surface area (Å²) in [7, 11) is 0. The molecule has 0 saturated carbocycles. The van der Waals surface area contributed by atoms with Gasteiger partial charge in [0.15, 0.2) is 17.7 Å². The minimum atomic E-state index is -1.24. The van der Waals surface area contributed by atoms with Gasteiger partial charge in [-0.3, -0.25) is 9.36 Å². The standard InChI is InChI=1S/C27H36Cl2N8O5/c28-17-5-4-15-14(9-32-10-16(15)20(17)29)3-1-2-7-36(8-6-18(30)27(40)41)11-19-22(38)23(39)26(42-19)37-13-35-21-24(31)33-12-34-25(21)37/h4-5,12-14,18-19,22-23,26,32,38-39H,1-3,6-11,30H2,(H,40,41)(H2,31,33,34)/t14?,18-,19-,22-,23-,26-/m1/s1. The van der Waals surface area contributed by atoms with Crippen molar-refractivity contribution in [1.29, 1.82) is 0 Å². The first-order valence-electron chi connectivity index (χ1n) is 14.0. The average Bonchev–Trinajstić information content (AvgIpc) is 3.52. The average molecular weight is 624 g/mol. The Hall–Kier alpha value is -2.62. The van der Waals surface area contributed by atoms with Crippen LogP contribution in [-0.4, -0.2) is 96.2 Å². The number of halogens is 2. The molecule has 2 aliphatic heterocycles. The number of aliphatic carboxylic acids is 1. The van der Waals surface area contributed by atoms with E-state index in [-0.39, 0.29) is 18.8 Å². The summed E-state index contributed by atoms with van der Waals surface area (Å²) in [6.45, 7) is 2.83. The molecule has 0 aliphatic carbocycles. The summed E-state index contributed by atoms with van der Waals surface area (Å²) in [6, 6.07) is 2.89. The van der Waals surface area contributed by atoms with E-state index in [0.29, 0.717) is 46.8 Å². The summed E-state index contributed by atoms with van der Waals surface area (Å²) < 4.78 is 7.65. The highest BCUT2D eigenvalue weighted by molar-refractivity contribution is 6.42. The topological polar surface area (TPSA) is 198 Å². The fraction of sp³-hybridized carbons (Fsp3) is 0.556. The number of ether oxygens (including phenoxy) is 1. The summed E-state index contributed by atoms with van der Waals surface area (Å²) in [5, 5.41) is 35.6. The second-order valence-electron chi connectivity index (χ2n) is 10.9. The number of benzene rings is 1. The lowest BCUT2D eigenvalue weighted by Crippen LogP contribution is -2.42. The highest BCUT2D eigenvalue weighted by Gasteiger charge is 2.45. The maximum atomic E-state index is 11.3. The van der Waals surface area contributed by atoms with Gasteiger partial charge in [0.05, 0.1) is 16.4 Å². The van der Waals surface area contributed by atoms with Gasteiger partial charge in [-0.1, -0.05) is 35.7 Å². The van der Waals surface area contributed by atoms with Gasteiger partial charge in [0.2, 0.25) is 0 Å². The van der Waals surface area contributed by atoms with Crippen LogP contribution in [0, 0.1) is 0 Å². The van der Waals surface area contributed by atoms with E-state index in [0.717, 1.165) is 31.4 Å². The van der Waals surface area contributed by atoms with Gasteiger partial charge in [-0.05, 0) is 48.9 Å². The van der Waals surface area contributed by atoms with Crippen molar-refractivity contribution >= 4 is 46.2 Å². The molecule has 1 saturated heterocycles. The van der Waals surface area contributed by atoms with Crippen molar-refractivity contribution in [2.75, 3.05) is 31.9 Å². The minimum absolute atomic E-state index is 0.198. The number of hydrogen-bond donors (Lipinski definition) is 6. The van der Waals surface area contributed by atoms with Crippen LogP contribution in [0.25, 0.3) is 11.2 Å². The van der Waals surface area contributed by atoms with Crippen LogP contribution < -0.4 is 16.8 Å². The fourth-order valence-corrected chi connectivity index (χ4v) is 6.21. The van der Waals surface area contributed by atoms with E-state index < -0.39 is 36.6 Å². The first-order chi connectivity index (χ1) is 20.2. The first-order valence-corrected chi connectivity index (χ1v) is 14.7. The van der Waals surface area contributed by atoms with E-state index in [2.05, 4.69) is 26.3 Å². The van der Waals surface area contributed by atoms with Gasteiger partial charge < -0.3 is 41.7 Å². The number of unbranched alkanes of at least 4 members (excludes halogenated alkanes) is 1. The lowest BCUT2D eigenvalue weighted by Gasteiger charge is -2.29. The van der Waals surface area contributed by atoms with Gasteiger partial charge in [0, 0.05) is 26.2 Å². The Balaban J connectivity index is 1.22. The molecule has 6 atom stereocenters. The van der Waals surface area contributed by atoms with Gasteiger partial charge in [-0.15, -0.1) is 0 Å². The Labute approximate surface area is 252 Å². The molecular weight excluding hydrogens is 587 g/mol. The van der Waals surface area contributed by atoms with Crippen molar-refractivity contribution < 1.29 is 24.9 Å². The van der Waals surface area contributed by atoms with Gasteiger partial charge >= 0.3 is 5.97 Å². The van der Waals surface area contributed by atoms with Crippen molar-refractivity contribution in [1.82, 2.24) is 29.7 Å². The van der Waals surface area contributed by atoms with E-state index >= 15 is 0 Å². The summed E-state index contributed by atoms with van der Waals surface area (Å²) in [6.07, 6.45) is 1.52. The number of imidazole rings is 1. The SMILES string of the molecule is Nc1ncnc2c1ncn2[C@@H]1O[C@H](CN(CCCCC2CNCc3c2ccc(Cl)c3Cl)CC[C@@H](N)C(=O)O)[C@@H](O)[C@H]1O. The maximum Gasteiger partial charge on any atom is 0.320 e. The summed E-state index contributed by atoms with van der Waals surface area (Å²) in [5.41, 5.74) is 14.7. The molecule has 0 amide bonds. The molecule has 42 heavy (non-hydrogen) atoms. The second kappa shape index (κ2) is 13.3. The first kappa shape index (κ1) is 30.8. The summed E-state index contributed by atoms with van der Waals surface area (Å²) in [4.78, 5) is 25.7. The molecule has 15 heteroatoms. The van der Waals surface area contributed by atoms with Crippen molar-refractivity contribution in [2.24, 2.45) is 5.73 Å². The summed E-state index contributed by atoms with van der Waals surface area (Å²) in [5.74, 6) is -0.571. The zero-order valence-electron chi connectivity index (χ0n) is 22.9. The number of carbonyl (C=O) groups is 1. The molecule has 1 unspecified atom stereocenters. The number of fused-ring (bicyclic) bond motifs is 2. The zero-order valence-corrected chi connectivity index (χ0v) is 24.5. The Morgan fingerprint density at radius 2 is 2.00 bits per heavy atom. The molecule has 13 nitrogen and oxygen atoms in total. The van der Waals surface area contributed by atoms with Crippen molar-refractivity contribution in [3.8, 4) is 0 Å². The van der Waals surface area contributed by atoms with Gasteiger partial charge in [-0.2, -0.15) is 0 Å². The number of nitrogens with one attached hydrogen (secondary N) is 1. The number of hydrogen-bond acceptors (Lipinski definition) is 11. The number of carboxylic acid groups (broad SMARTS) is 1. The predicted octanol–water partition coefficient (Wildman–Crippen LogP) is 1.50. The molecule has 3 aromatic rings. The van der Waals surface area contributed by atoms with Crippen molar-refractivity contribution in [3.05, 3.63) is 46.0 Å². The number of rotatable bonds is 12. The Kier molecular flexibility index (Phi) is 9.80. The lowest BCUT2D eigenvalue weighted by atomic mass is 9.87. The molecule has 4 heterocycles. The molecule has 1 aromatic carbocycles. The molecule has 228 valence electrons. The second-order valence-corrected chi connectivity index (χ2v) is 11.7. The van der Waals surface area contributed by atoms with Crippen LogP contribution in [0.4, 0.5) is 5.82 Å². The molecular formula is C27H36Cl2N8O5. The van der Waals surface area contributed by atoms with Gasteiger partial charge in [-0.25, -0.2) is 15.0 Å². The molecule has 0 bridgehead atoms. The van der Waals surface area contributed by atoms with E-state index in [1.54, 1.807) is 0 Å². The third-order valence-electron chi connectivity index (χ3n) is 8.15. The molecule has 2 aliphatic rings. The van der Waals surface area contributed by atoms with Crippen molar-refractivity contribution in [2.45, 2.75) is 68.7 Å². The zero-order chi connectivity index (χ0) is 30.0. The maximum absolute atomic E-state index is 11.3. The Morgan fingerprint density at radius 3 is 2.79 bits per heavy atom. The molecule has 1 fully saturated rings. The largest absolute Gasteiger partial charge is 0.480 e. The minimum Gasteiger partial charge on any atom is -0.480 e. The van der Waals surface area contributed by atoms with Gasteiger partial charge in [0.1, 0.15) is 36.2 Å². The highest BCUT2D eigenvalue weighted by atomic mass is 35.5. The van der Waals surface area contributed by atoms with Crippen LogP contribution in [0.1, 0.15) is 49.0 Å². The van der Waals surface area contributed by atoms with Crippen LogP contribution in [0.2, 0.25) is 10.0 Å². The number of nitrogens with zero attached hydrogens (tertiary/aromatic N) is 5. The third kappa shape index (κ3) is 6.48. The molecule has 0 radical (unpaired) electrons. The lowest BCUT2D eigenvalue weighted by molar-refractivity contribution is -0.138. The Bertz CT molecular complexity index is 1410. The van der Waals surface area contributed by atoms with Crippen LogP contribution in [0.3, 0.4) is 0 Å². The quantitative estimate of drug-likeness (QED) is 0.159. The van der Waals surface area contributed by atoms with Crippen LogP contribution in [0.5, 0.6) is 0 Å². The van der Waals surface area contributed by atoms with E-state index in [4.69, 9.17) is 39.4 Å². The number of nitrogen functional groups attached to an aromatic ring is 1. The number of aliphatic hydroxyl groups is 2. The van der Waals surface area contributed by atoms with Crippen LogP contribution >= 0.6 is 23.2 Å². The molecule has 0 spiro atoms. The monoisotopic (exact) mass is 622 g/mol. The third-order valence-corrected chi connectivity index (χ3v) is 9.00. The van der Waals surface area contributed by atoms with Crippen LogP contribution in [0.15, 0.2) is 24.8 Å². The van der Waals surface area contributed by atoms with E-state index in [1.807, 2.05) is 11.0 Å². The molecule has 2 aromatic heterocycles. The predicted molar refractivity (Wildman–Crippen MR) is 157 cm³/mol. The number of anilines is 1. The summed E-state index contributed by atoms with van der Waals surface area (Å²) >= 11 is 12.7. The fourth-order valence-electron chi connectivity index (χ4n) is 5.79. The number of carboxylic acids is 1.